The fourth-order valence-electron chi connectivity index (χ4n) is 0.856. The standard InChI is InChI=1S/C8H18BrN/c1-4-5-8(9)6-7-10(2)3/h8H,4-7H2,1-3H3. The molecule has 0 N–H and O–H groups in total. The van der Waals surface area contributed by atoms with Crippen LogP contribution in [0.15, 0.2) is 0 Å². The van der Waals surface area contributed by atoms with Crippen LogP contribution in [0, 0.1) is 0 Å². The largest absolute Gasteiger partial charge is 0.309 e. The topological polar surface area (TPSA) is 3.24 Å². The van der Waals surface area contributed by atoms with E-state index < -0.39 is 0 Å². The van der Waals surface area contributed by atoms with Crippen molar-refractivity contribution in [1.82, 2.24) is 4.90 Å². The van der Waals surface area contributed by atoms with E-state index in [9.17, 15) is 0 Å². The number of halogens is 1. The molecule has 1 atom stereocenters. The Bertz CT molecular complexity index is 73.7. The second-order valence-electron chi connectivity index (χ2n) is 2.98. The van der Waals surface area contributed by atoms with Gasteiger partial charge in [0.25, 0.3) is 0 Å². The highest BCUT2D eigenvalue weighted by molar-refractivity contribution is 9.09. The summed E-state index contributed by atoms with van der Waals surface area (Å²) in [6.07, 6.45) is 3.85. The number of hydrogen-bond donors (Lipinski definition) is 0. The van der Waals surface area contributed by atoms with Crippen LogP contribution in [0.25, 0.3) is 0 Å². The first-order chi connectivity index (χ1) is 4.66. The summed E-state index contributed by atoms with van der Waals surface area (Å²) in [7, 11) is 4.23. The summed E-state index contributed by atoms with van der Waals surface area (Å²) in [6.45, 7) is 3.42. The second-order valence-corrected chi connectivity index (χ2v) is 4.27. The highest BCUT2D eigenvalue weighted by Crippen LogP contribution is 2.11. The molecule has 1 nitrogen and oxygen atoms in total. The molecule has 62 valence electrons. The molecule has 0 bridgehead atoms. The molecule has 0 aliphatic carbocycles. The lowest BCUT2D eigenvalue weighted by Gasteiger charge is -2.12. The Morgan fingerprint density at radius 3 is 2.30 bits per heavy atom. The van der Waals surface area contributed by atoms with E-state index in [0.29, 0.717) is 0 Å². The molecule has 0 aromatic carbocycles. The third-order valence-corrected chi connectivity index (χ3v) is 2.41. The van der Waals surface area contributed by atoms with Crippen molar-refractivity contribution in [3.63, 3.8) is 0 Å². The van der Waals surface area contributed by atoms with Crippen LogP contribution in [0.4, 0.5) is 0 Å². The molecule has 0 saturated carbocycles. The van der Waals surface area contributed by atoms with Gasteiger partial charge in [0.2, 0.25) is 0 Å². The molecule has 0 aromatic heterocycles. The quantitative estimate of drug-likeness (QED) is 0.627. The van der Waals surface area contributed by atoms with Gasteiger partial charge in [-0.15, -0.1) is 0 Å². The maximum Gasteiger partial charge on any atom is 0.0157 e. The van der Waals surface area contributed by atoms with E-state index in [2.05, 4.69) is 41.8 Å². The number of nitrogens with zero attached hydrogens (tertiary/aromatic N) is 1. The van der Waals surface area contributed by atoms with Crippen molar-refractivity contribution in [3.05, 3.63) is 0 Å². The van der Waals surface area contributed by atoms with E-state index in [1.54, 1.807) is 0 Å². The Hall–Kier alpha value is 0.440. The predicted molar refractivity (Wildman–Crippen MR) is 50.8 cm³/mol. The SMILES string of the molecule is CCCC(Br)CCN(C)C. The summed E-state index contributed by atoms with van der Waals surface area (Å²) in [4.78, 5) is 2.95. The van der Waals surface area contributed by atoms with Crippen LogP contribution in [0.3, 0.4) is 0 Å². The minimum Gasteiger partial charge on any atom is -0.309 e. The molecule has 0 aliphatic rings. The Morgan fingerprint density at radius 1 is 1.30 bits per heavy atom. The minimum absolute atomic E-state index is 0.722. The van der Waals surface area contributed by atoms with Gasteiger partial charge in [0.1, 0.15) is 0 Å². The van der Waals surface area contributed by atoms with Crippen LogP contribution in [0.2, 0.25) is 0 Å². The number of hydrogen-bond acceptors (Lipinski definition) is 1. The molecule has 10 heavy (non-hydrogen) atoms. The zero-order valence-electron chi connectivity index (χ0n) is 7.23. The molecule has 0 aromatic rings. The van der Waals surface area contributed by atoms with Crippen LogP contribution in [-0.4, -0.2) is 30.4 Å². The van der Waals surface area contributed by atoms with Crippen LogP contribution in [0.5, 0.6) is 0 Å². The van der Waals surface area contributed by atoms with Crippen molar-refractivity contribution >= 4 is 15.9 Å². The molecular formula is C8H18BrN. The summed E-state index contributed by atoms with van der Waals surface area (Å²) >= 11 is 3.64. The Balaban J connectivity index is 3.12. The maximum absolute atomic E-state index is 3.64. The van der Waals surface area contributed by atoms with Gasteiger partial charge in [-0.05, 0) is 33.5 Å². The Kier molecular flexibility index (Phi) is 6.44. The maximum atomic E-state index is 3.64. The highest BCUT2D eigenvalue weighted by Gasteiger charge is 2.01. The first kappa shape index (κ1) is 10.4. The van der Waals surface area contributed by atoms with Crippen LogP contribution < -0.4 is 0 Å². The summed E-state index contributed by atoms with van der Waals surface area (Å²) in [5.74, 6) is 0. The van der Waals surface area contributed by atoms with E-state index >= 15 is 0 Å². The summed E-state index contributed by atoms with van der Waals surface area (Å²) in [5.41, 5.74) is 0. The molecular weight excluding hydrogens is 190 g/mol. The van der Waals surface area contributed by atoms with Gasteiger partial charge in [-0.3, -0.25) is 0 Å². The third-order valence-electron chi connectivity index (χ3n) is 1.49. The van der Waals surface area contributed by atoms with Crippen LogP contribution in [0.1, 0.15) is 26.2 Å². The van der Waals surface area contributed by atoms with Crippen molar-refractivity contribution in [1.29, 1.82) is 0 Å². The molecule has 2 heteroatoms. The van der Waals surface area contributed by atoms with Gasteiger partial charge in [0.15, 0.2) is 0 Å². The molecule has 0 aliphatic heterocycles. The van der Waals surface area contributed by atoms with Crippen molar-refractivity contribution in [2.75, 3.05) is 20.6 Å². The van der Waals surface area contributed by atoms with Crippen molar-refractivity contribution in [3.8, 4) is 0 Å². The van der Waals surface area contributed by atoms with E-state index in [-0.39, 0.29) is 0 Å². The minimum atomic E-state index is 0.722. The molecule has 0 rings (SSSR count). The molecule has 0 fully saturated rings. The van der Waals surface area contributed by atoms with Gasteiger partial charge in [0, 0.05) is 4.83 Å². The van der Waals surface area contributed by atoms with Gasteiger partial charge in [-0.25, -0.2) is 0 Å². The number of alkyl halides is 1. The van der Waals surface area contributed by atoms with Gasteiger partial charge in [0.05, 0.1) is 0 Å². The third kappa shape index (κ3) is 6.56. The fourth-order valence-corrected chi connectivity index (χ4v) is 1.52. The lowest BCUT2D eigenvalue weighted by molar-refractivity contribution is 0.395. The summed E-state index contributed by atoms with van der Waals surface area (Å²) in [5, 5.41) is 0. The normalized spacial score (nSPS) is 14.1. The molecule has 1 unspecified atom stereocenters. The molecule has 0 amide bonds. The first-order valence-electron chi connectivity index (χ1n) is 3.95. The first-order valence-corrected chi connectivity index (χ1v) is 4.87. The van der Waals surface area contributed by atoms with E-state index in [1.807, 2.05) is 0 Å². The van der Waals surface area contributed by atoms with Crippen LogP contribution in [-0.2, 0) is 0 Å². The van der Waals surface area contributed by atoms with Crippen molar-refractivity contribution in [2.24, 2.45) is 0 Å². The predicted octanol–water partition coefficient (Wildman–Crippen LogP) is 2.50. The molecule has 0 radical (unpaired) electrons. The van der Waals surface area contributed by atoms with E-state index in [0.717, 1.165) is 4.83 Å². The summed E-state index contributed by atoms with van der Waals surface area (Å²) < 4.78 is 0. The zero-order valence-corrected chi connectivity index (χ0v) is 8.82. The lowest BCUT2D eigenvalue weighted by Crippen LogP contribution is -2.16. The van der Waals surface area contributed by atoms with Gasteiger partial charge >= 0.3 is 0 Å². The molecule has 0 heterocycles. The number of rotatable bonds is 5. The smallest absolute Gasteiger partial charge is 0.0157 e. The average Bonchev–Trinajstić information content (AvgIpc) is 1.85. The Morgan fingerprint density at radius 2 is 1.90 bits per heavy atom. The highest BCUT2D eigenvalue weighted by atomic mass is 79.9. The molecule has 0 spiro atoms. The molecule has 0 saturated heterocycles. The fraction of sp³-hybridized carbons (Fsp3) is 1.00. The zero-order chi connectivity index (χ0) is 7.98. The van der Waals surface area contributed by atoms with E-state index in [4.69, 9.17) is 0 Å². The lowest BCUT2D eigenvalue weighted by atomic mass is 10.2. The Labute approximate surface area is 72.9 Å². The van der Waals surface area contributed by atoms with Gasteiger partial charge < -0.3 is 4.90 Å². The van der Waals surface area contributed by atoms with E-state index in [1.165, 1.54) is 25.8 Å². The van der Waals surface area contributed by atoms with Gasteiger partial charge in [-0.1, -0.05) is 29.3 Å². The van der Waals surface area contributed by atoms with Gasteiger partial charge in [-0.2, -0.15) is 0 Å². The summed E-state index contributed by atoms with van der Waals surface area (Å²) in [6, 6.07) is 0. The monoisotopic (exact) mass is 207 g/mol. The van der Waals surface area contributed by atoms with Crippen molar-refractivity contribution in [2.45, 2.75) is 31.0 Å². The second kappa shape index (κ2) is 6.17. The van der Waals surface area contributed by atoms with Crippen LogP contribution >= 0.6 is 15.9 Å². The average molecular weight is 208 g/mol. The van der Waals surface area contributed by atoms with Crippen molar-refractivity contribution < 1.29 is 0 Å².